The number of ether oxygens (including phenoxy) is 1. The summed E-state index contributed by atoms with van der Waals surface area (Å²) in [5.41, 5.74) is 2.57. The van der Waals surface area contributed by atoms with E-state index in [0.717, 1.165) is 0 Å². The molecule has 0 aliphatic carbocycles. The molecule has 2 saturated heterocycles. The Morgan fingerprint density at radius 3 is 2.69 bits per heavy atom. The minimum atomic E-state index is -1.22. The zero-order valence-electron chi connectivity index (χ0n) is 7.01. The Labute approximate surface area is 75.0 Å². The van der Waals surface area contributed by atoms with Crippen LogP contribution in [0.5, 0.6) is 0 Å². The van der Waals surface area contributed by atoms with Crippen LogP contribution in [0.25, 0.3) is 0 Å². The standard InChI is InChI=1S/C7H13NO5/c9-4-3-12-7(1-2-8-13-7)6(11)5(4)10/h4-6,8-11H,1-3H2. The molecule has 13 heavy (non-hydrogen) atoms. The van der Waals surface area contributed by atoms with E-state index in [1.54, 1.807) is 0 Å². The molecule has 0 bridgehead atoms. The van der Waals surface area contributed by atoms with Crippen molar-refractivity contribution in [3.05, 3.63) is 0 Å². The van der Waals surface area contributed by atoms with Crippen molar-refractivity contribution in [2.24, 2.45) is 0 Å². The van der Waals surface area contributed by atoms with E-state index < -0.39 is 24.1 Å². The summed E-state index contributed by atoms with van der Waals surface area (Å²) in [5.74, 6) is -1.18. The first-order valence-corrected chi connectivity index (χ1v) is 4.25. The average Bonchev–Trinajstić information content (AvgIpc) is 2.59. The number of nitrogens with one attached hydrogen (secondary N) is 1. The summed E-state index contributed by atoms with van der Waals surface area (Å²) in [5, 5.41) is 28.2. The molecule has 2 aliphatic rings. The maximum Gasteiger partial charge on any atom is 0.217 e. The van der Waals surface area contributed by atoms with E-state index in [-0.39, 0.29) is 6.61 Å². The summed E-state index contributed by atoms with van der Waals surface area (Å²) in [4.78, 5) is 5.02. The molecule has 2 heterocycles. The third kappa shape index (κ3) is 1.35. The monoisotopic (exact) mass is 191 g/mol. The Balaban J connectivity index is 2.13. The highest BCUT2D eigenvalue weighted by molar-refractivity contribution is 4.94. The fourth-order valence-corrected chi connectivity index (χ4v) is 1.64. The fourth-order valence-electron chi connectivity index (χ4n) is 1.64. The van der Waals surface area contributed by atoms with Crippen LogP contribution in [0.1, 0.15) is 6.42 Å². The quantitative estimate of drug-likeness (QED) is 0.345. The van der Waals surface area contributed by atoms with E-state index in [2.05, 4.69) is 5.48 Å². The van der Waals surface area contributed by atoms with Crippen LogP contribution in [-0.4, -0.2) is 52.6 Å². The Bertz CT molecular complexity index is 193. The molecule has 6 nitrogen and oxygen atoms in total. The summed E-state index contributed by atoms with van der Waals surface area (Å²) in [6.45, 7) is 0.528. The Morgan fingerprint density at radius 1 is 1.31 bits per heavy atom. The van der Waals surface area contributed by atoms with Gasteiger partial charge in [-0.05, 0) is 0 Å². The van der Waals surface area contributed by atoms with Gasteiger partial charge in [0.1, 0.15) is 18.3 Å². The molecule has 2 fully saturated rings. The number of rotatable bonds is 0. The first-order valence-electron chi connectivity index (χ1n) is 4.25. The van der Waals surface area contributed by atoms with Gasteiger partial charge in [-0.2, -0.15) is 5.48 Å². The van der Waals surface area contributed by atoms with Gasteiger partial charge in [-0.25, -0.2) is 0 Å². The van der Waals surface area contributed by atoms with E-state index in [9.17, 15) is 15.3 Å². The van der Waals surface area contributed by atoms with Crippen molar-refractivity contribution in [3.8, 4) is 0 Å². The SMILES string of the molecule is OC1COC2(CCNO2)C(O)C1O. The molecule has 6 heteroatoms. The molecule has 76 valence electrons. The predicted octanol–water partition coefficient (Wildman–Crippen LogP) is -2.28. The lowest BCUT2D eigenvalue weighted by molar-refractivity contribution is -0.335. The van der Waals surface area contributed by atoms with Crippen molar-refractivity contribution in [1.82, 2.24) is 5.48 Å². The van der Waals surface area contributed by atoms with Crippen LogP contribution in [0.3, 0.4) is 0 Å². The first kappa shape index (κ1) is 9.32. The topological polar surface area (TPSA) is 91.2 Å². The molecule has 4 N–H and O–H groups in total. The molecule has 2 aliphatic heterocycles. The van der Waals surface area contributed by atoms with Crippen LogP contribution in [0.2, 0.25) is 0 Å². The third-order valence-electron chi connectivity index (χ3n) is 2.49. The van der Waals surface area contributed by atoms with Gasteiger partial charge in [-0.1, -0.05) is 0 Å². The van der Waals surface area contributed by atoms with E-state index in [1.165, 1.54) is 0 Å². The lowest BCUT2D eigenvalue weighted by atomic mass is 9.95. The minimum Gasteiger partial charge on any atom is -0.388 e. The van der Waals surface area contributed by atoms with Crippen LogP contribution >= 0.6 is 0 Å². The predicted molar refractivity (Wildman–Crippen MR) is 40.4 cm³/mol. The Hall–Kier alpha value is -0.240. The number of aliphatic hydroxyl groups excluding tert-OH is 3. The van der Waals surface area contributed by atoms with Gasteiger partial charge in [0.15, 0.2) is 0 Å². The lowest BCUT2D eigenvalue weighted by Crippen LogP contribution is -2.60. The van der Waals surface area contributed by atoms with Crippen molar-refractivity contribution < 1.29 is 24.9 Å². The van der Waals surface area contributed by atoms with Crippen molar-refractivity contribution in [2.45, 2.75) is 30.5 Å². The zero-order valence-corrected chi connectivity index (χ0v) is 7.01. The molecule has 1 spiro atoms. The summed E-state index contributed by atoms with van der Waals surface area (Å²) in [6, 6.07) is 0. The van der Waals surface area contributed by atoms with Crippen LogP contribution in [0, 0.1) is 0 Å². The zero-order chi connectivity index (χ0) is 9.47. The second kappa shape index (κ2) is 3.16. The van der Waals surface area contributed by atoms with Crippen molar-refractivity contribution in [2.75, 3.05) is 13.2 Å². The lowest BCUT2D eigenvalue weighted by Gasteiger charge is -2.41. The Morgan fingerprint density at radius 2 is 2.08 bits per heavy atom. The van der Waals surface area contributed by atoms with Gasteiger partial charge in [0.05, 0.1) is 6.61 Å². The maximum absolute atomic E-state index is 9.60. The van der Waals surface area contributed by atoms with E-state index in [4.69, 9.17) is 9.57 Å². The van der Waals surface area contributed by atoms with Crippen LogP contribution in [-0.2, 0) is 9.57 Å². The molecule has 0 amide bonds. The van der Waals surface area contributed by atoms with Gasteiger partial charge in [0.2, 0.25) is 5.79 Å². The molecule has 0 aromatic carbocycles. The minimum absolute atomic E-state index is 0.0279. The van der Waals surface area contributed by atoms with Gasteiger partial charge in [0, 0.05) is 13.0 Å². The highest BCUT2D eigenvalue weighted by Gasteiger charge is 2.52. The second-order valence-electron chi connectivity index (χ2n) is 3.37. The summed E-state index contributed by atoms with van der Waals surface area (Å²) < 4.78 is 5.18. The highest BCUT2D eigenvalue weighted by atomic mass is 16.8. The van der Waals surface area contributed by atoms with Gasteiger partial charge in [-0.15, -0.1) is 0 Å². The molecule has 4 unspecified atom stereocenters. The normalized spacial score (nSPS) is 51.5. The van der Waals surface area contributed by atoms with E-state index >= 15 is 0 Å². The van der Waals surface area contributed by atoms with E-state index in [1.807, 2.05) is 0 Å². The summed E-state index contributed by atoms with van der Waals surface area (Å²) in [7, 11) is 0. The number of hydrogen-bond acceptors (Lipinski definition) is 6. The third-order valence-corrected chi connectivity index (χ3v) is 2.49. The Kier molecular flexibility index (Phi) is 2.26. The smallest absolute Gasteiger partial charge is 0.217 e. The number of hydroxylamine groups is 1. The fraction of sp³-hybridized carbons (Fsp3) is 1.00. The van der Waals surface area contributed by atoms with Crippen LogP contribution < -0.4 is 5.48 Å². The molecule has 4 atom stereocenters. The van der Waals surface area contributed by atoms with Crippen molar-refractivity contribution in [1.29, 1.82) is 0 Å². The molecular weight excluding hydrogens is 178 g/mol. The molecule has 0 aromatic rings. The number of aliphatic hydroxyl groups is 3. The largest absolute Gasteiger partial charge is 0.388 e. The average molecular weight is 191 g/mol. The molecule has 2 rings (SSSR count). The van der Waals surface area contributed by atoms with Gasteiger partial charge in [-0.3, -0.25) is 4.84 Å². The van der Waals surface area contributed by atoms with E-state index in [0.29, 0.717) is 13.0 Å². The maximum atomic E-state index is 9.60. The molecule has 0 radical (unpaired) electrons. The van der Waals surface area contributed by atoms with Crippen LogP contribution in [0.15, 0.2) is 0 Å². The molecule has 0 aromatic heterocycles. The van der Waals surface area contributed by atoms with Gasteiger partial charge < -0.3 is 20.1 Å². The molecular formula is C7H13NO5. The van der Waals surface area contributed by atoms with Gasteiger partial charge >= 0.3 is 0 Å². The van der Waals surface area contributed by atoms with Crippen molar-refractivity contribution in [3.63, 3.8) is 0 Å². The molecule has 0 saturated carbocycles. The number of hydrogen-bond donors (Lipinski definition) is 4. The highest BCUT2D eigenvalue weighted by Crippen LogP contribution is 2.32. The van der Waals surface area contributed by atoms with Crippen LogP contribution in [0.4, 0.5) is 0 Å². The first-order chi connectivity index (χ1) is 6.16. The van der Waals surface area contributed by atoms with Crippen molar-refractivity contribution >= 4 is 0 Å². The van der Waals surface area contributed by atoms with Gasteiger partial charge in [0.25, 0.3) is 0 Å². The summed E-state index contributed by atoms with van der Waals surface area (Å²) in [6.07, 6.45) is -3.03. The summed E-state index contributed by atoms with van der Waals surface area (Å²) >= 11 is 0. The second-order valence-corrected chi connectivity index (χ2v) is 3.37.